The van der Waals surface area contributed by atoms with E-state index in [1.165, 1.54) is 6.07 Å². The number of aromatic nitrogens is 1. The SMILES string of the molecule is O=[N+]([O-])c1ccc(Nc2ccccc2)nc1Nc1ccccc1. The summed E-state index contributed by atoms with van der Waals surface area (Å²) in [4.78, 5) is 15.1. The van der Waals surface area contributed by atoms with Crippen molar-refractivity contribution >= 4 is 28.7 Å². The predicted octanol–water partition coefficient (Wildman–Crippen LogP) is 4.48. The highest BCUT2D eigenvalue weighted by molar-refractivity contribution is 5.69. The van der Waals surface area contributed by atoms with Crippen LogP contribution in [-0.4, -0.2) is 9.91 Å². The van der Waals surface area contributed by atoms with Crippen LogP contribution < -0.4 is 10.6 Å². The number of nitrogens with one attached hydrogen (secondary N) is 2. The molecule has 2 aromatic carbocycles. The van der Waals surface area contributed by atoms with Crippen LogP contribution in [0.3, 0.4) is 0 Å². The van der Waals surface area contributed by atoms with Gasteiger partial charge in [0.25, 0.3) is 0 Å². The summed E-state index contributed by atoms with van der Waals surface area (Å²) in [6.45, 7) is 0. The van der Waals surface area contributed by atoms with Crippen molar-refractivity contribution < 1.29 is 4.92 Å². The van der Waals surface area contributed by atoms with E-state index in [0.717, 1.165) is 11.4 Å². The highest BCUT2D eigenvalue weighted by atomic mass is 16.6. The summed E-state index contributed by atoms with van der Waals surface area (Å²) < 4.78 is 0. The number of nitrogens with zero attached hydrogens (tertiary/aromatic N) is 2. The van der Waals surface area contributed by atoms with Gasteiger partial charge >= 0.3 is 5.69 Å². The molecule has 0 amide bonds. The standard InChI is InChI=1S/C17H14N4O2/c22-21(23)15-11-12-16(18-13-7-3-1-4-8-13)20-17(15)19-14-9-5-2-6-10-14/h1-12H,(H2,18,19,20). The number of para-hydroxylation sites is 2. The number of anilines is 4. The molecule has 3 rings (SSSR count). The lowest BCUT2D eigenvalue weighted by Gasteiger charge is -2.09. The van der Waals surface area contributed by atoms with E-state index in [9.17, 15) is 10.1 Å². The minimum Gasteiger partial charge on any atom is -0.340 e. The van der Waals surface area contributed by atoms with Gasteiger partial charge in [-0.25, -0.2) is 4.98 Å². The van der Waals surface area contributed by atoms with Crippen LogP contribution in [0.15, 0.2) is 72.8 Å². The van der Waals surface area contributed by atoms with Crippen molar-refractivity contribution in [1.29, 1.82) is 0 Å². The molecule has 2 N–H and O–H groups in total. The van der Waals surface area contributed by atoms with Crippen molar-refractivity contribution in [2.24, 2.45) is 0 Å². The molecular formula is C17H14N4O2. The van der Waals surface area contributed by atoms with E-state index in [0.29, 0.717) is 5.82 Å². The maximum atomic E-state index is 11.2. The Bertz CT molecular complexity index is 807. The molecule has 114 valence electrons. The van der Waals surface area contributed by atoms with Crippen molar-refractivity contribution in [3.05, 3.63) is 82.9 Å². The number of nitro groups is 1. The van der Waals surface area contributed by atoms with E-state index in [4.69, 9.17) is 0 Å². The van der Waals surface area contributed by atoms with E-state index in [-0.39, 0.29) is 11.5 Å². The zero-order valence-corrected chi connectivity index (χ0v) is 12.1. The highest BCUT2D eigenvalue weighted by Crippen LogP contribution is 2.28. The number of hydrogen-bond acceptors (Lipinski definition) is 5. The second kappa shape index (κ2) is 6.57. The first-order chi connectivity index (χ1) is 11.2. The zero-order valence-electron chi connectivity index (χ0n) is 12.1. The third kappa shape index (κ3) is 3.62. The van der Waals surface area contributed by atoms with E-state index >= 15 is 0 Å². The lowest BCUT2D eigenvalue weighted by Crippen LogP contribution is -2.02. The average molecular weight is 306 g/mol. The number of pyridine rings is 1. The average Bonchev–Trinajstić information content (AvgIpc) is 2.57. The molecule has 23 heavy (non-hydrogen) atoms. The van der Waals surface area contributed by atoms with Gasteiger partial charge in [0.05, 0.1) is 4.92 Å². The Kier molecular flexibility index (Phi) is 4.15. The van der Waals surface area contributed by atoms with Crippen molar-refractivity contribution in [2.75, 3.05) is 10.6 Å². The molecule has 0 bridgehead atoms. The van der Waals surface area contributed by atoms with Crippen LogP contribution in [0.1, 0.15) is 0 Å². The van der Waals surface area contributed by atoms with Crippen LogP contribution in [0.25, 0.3) is 0 Å². The molecule has 3 aromatic rings. The quantitative estimate of drug-likeness (QED) is 0.536. The van der Waals surface area contributed by atoms with Gasteiger partial charge in [-0.15, -0.1) is 0 Å². The fourth-order valence-corrected chi connectivity index (χ4v) is 2.09. The van der Waals surface area contributed by atoms with Gasteiger partial charge in [-0.3, -0.25) is 10.1 Å². The first-order valence-electron chi connectivity index (χ1n) is 7.02. The molecule has 1 aromatic heterocycles. The lowest BCUT2D eigenvalue weighted by molar-refractivity contribution is -0.384. The van der Waals surface area contributed by atoms with E-state index < -0.39 is 4.92 Å². The van der Waals surface area contributed by atoms with Crippen LogP contribution >= 0.6 is 0 Å². The Balaban J connectivity index is 1.91. The fourth-order valence-electron chi connectivity index (χ4n) is 2.09. The van der Waals surface area contributed by atoms with Crippen LogP contribution in [0.5, 0.6) is 0 Å². The summed E-state index contributed by atoms with van der Waals surface area (Å²) in [6.07, 6.45) is 0. The van der Waals surface area contributed by atoms with Crippen molar-refractivity contribution in [2.45, 2.75) is 0 Å². The molecule has 0 aliphatic rings. The van der Waals surface area contributed by atoms with E-state index in [1.54, 1.807) is 6.07 Å². The van der Waals surface area contributed by atoms with Gasteiger partial charge in [-0.2, -0.15) is 0 Å². The Labute approximate surface area is 133 Å². The van der Waals surface area contributed by atoms with Gasteiger partial charge < -0.3 is 10.6 Å². The highest BCUT2D eigenvalue weighted by Gasteiger charge is 2.16. The van der Waals surface area contributed by atoms with Crippen molar-refractivity contribution in [3.63, 3.8) is 0 Å². The molecular weight excluding hydrogens is 292 g/mol. The number of benzene rings is 2. The zero-order chi connectivity index (χ0) is 16.1. The first kappa shape index (κ1) is 14.5. The van der Waals surface area contributed by atoms with Gasteiger partial charge in [0.15, 0.2) is 0 Å². The molecule has 6 heteroatoms. The molecule has 0 atom stereocenters. The molecule has 0 saturated carbocycles. The summed E-state index contributed by atoms with van der Waals surface area (Å²) in [6, 6.07) is 21.7. The molecule has 0 aliphatic carbocycles. The minimum absolute atomic E-state index is 0.0764. The summed E-state index contributed by atoms with van der Waals surface area (Å²) in [5, 5.41) is 17.3. The maximum absolute atomic E-state index is 11.2. The van der Waals surface area contributed by atoms with Crippen LogP contribution in [-0.2, 0) is 0 Å². The third-order valence-electron chi connectivity index (χ3n) is 3.15. The molecule has 0 fully saturated rings. The van der Waals surface area contributed by atoms with Crippen LogP contribution in [0.2, 0.25) is 0 Å². The van der Waals surface area contributed by atoms with Gasteiger partial charge in [-0.05, 0) is 30.3 Å². The topological polar surface area (TPSA) is 80.1 Å². The maximum Gasteiger partial charge on any atom is 0.311 e. The Morgan fingerprint density at radius 1 is 0.783 bits per heavy atom. The summed E-state index contributed by atoms with van der Waals surface area (Å²) in [5.41, 5.74) is 1.52. The van der Waals surface area contributed by atoms with Gasteiger partial charge in [0.1, 0.15) is 5.82 Å². The second-order valence-corrected chi connectivity index (χ2v) is 4.80. The van der Waals surface area contributed by atoms with Crippen molar-refractivity contribution in [3.8, 4) is 0 Å². The molecule has 0 radical (unpaired) electrons. The molecule has 0 aliphatic heterocycles. The Morgan fingerprint density at radius 2 is 1.35 bits per heavy atom. The van der Waals surface area contributed by atoms with E-state index in [1.807, 2.05) is 60.7 Å². The molecule has 0 unspecified atom stereocenters. The van der Waals surface area contributed by atoms with Crippen molar-refractivity contribution in [1.82, 2.24) is 4.98 Å². The summed E-state index contributed by atoms with van der Waals surface area (Å²) >= 11 is 0. The van der Waals surface area contributed by atoms with Crippen LogP contribution in [0, 0.1) is 10.1 Å². The van der Waals surface area contributed by atoms with Crippen LogP contribution in [0.4, 0.5) is 28.7 Å². The summed E-state index contributed by atoms with van der Waals surface area (Å²) in [7, 11) is 0. The van der Waals surface area contributed by atoms with Gasteiger partial charge in [-0.1, -0.05) is 36.4 Å². The molecule has 0 saturated heterocycles. The normalized spacial score (nSPS) is 10.1. The molecule has 6 nitrogen and oxygen atoms in total. The second-order valence-electron chi connectivity index (χ2n) is 4.80. The van der Waals surface area contributed by atoms with Gasteiger partial charge in [0, 0.05) is 17.4 Å². The Morgan fingerprint density at radius 3 is 1.91 bits per heavy atom. The monoisotopic (exact) mass is 306 g/mol. The van der Waals surface area contributed by atoms with Gasteiger partial charge in [0.2, 0.25) is 5.82 Å². The smallest absolute Gasteiger partial charge is 0.311 e. The predicted molar refractivity (Wildman–Crippen MR) is 90.3 cm³/mol. The Hall–Kier alpha value is -3.41. The largest absolute Gasteiger partial charge is 0.340 e. The molecule has 1 heterocycles. The first-order valence-corrected chi connectivity index (χ1v) is 7.02. The van der Waals surface area contributed by atoms with E-state index in [2.05, 4.69) is 15.6 Å². The number of hydrogen-bond donors (Lipinski definition) is 2. The fraction of sp³-hybridized carbons (Fsp3) is 0. The molecule has 0 spiro atoms. The third-order valence-corrected chi connectivity index (χ3v) is 3.15. The minimum atomic E-state index is -0.454. The number of rotatable bonds is 5. The summed E-state index contributed by atoms with van der Waals surface area (Å²) in [5.74, 6) is 0.724. The lowest BCUT2D eigenvalue weighted by atomic mass is 10.3.